The maximum atomic E-state index is 14.0. The Hall–Kier alpha value is -2.32. The molecule has 0 amide bonds. The van der Waals surface area contributed by atoms with Crippen molar-refractivity contribution in [2.24, 2.45) is 0 Å². The quantitative estimate of drug-likeness (QED) is 0.516. The first-order valence-corrected chi connectivity index (χ1v) is 9.97. The molecule has 6 nitrogen and oxygen atoms in total. The van der Waals surface area contributed by atoms with Gasteiger partial charge in [-0.1, -0.05) is 23.2 Å². The maximum Gasteiger partial charge on any atom is 0.197 e. The van der Waals surface area contributed by atoms with Crippen molar-refractivity contribution in [2.45, 2.75) is 18.4 Å². The van der Waals surface area contributed by atoms with Crippen molar-refractivity contribution in [1.82, 2.24) is 4.90 Å². The fourth-order valence-electron chi connectivity index (χ4n) is 4.14. The predicted molar refractivity (Wildman–Crippen MR) is 112 cm³/mol. The molecule has 158 valence electrons. The number of aliphatic hydroxyl groups is 1. The molecular weight excluding hydrogens is 436 g/mol. The first-order chi connectivity index (χ1) is 14.2. The molecule has 2 atom stereocenters. The Morgan fingerprint density at radius 2 is 1.90 bits per heavy atom. The summed E-state index contributed by atoms with van der Waals surface area (Å²) in [6, 6.07) is 4.13. The second kappa shape index (κ2) is 7.74. The molecule has 1 aliphatic rings. The third kappa shape index (κ3) is 3.32. The van der Waals surface area contributed by atoms with E-state index >= 15 is 0 Å². The molecule has 0 radical (unpaired) electrons. The third-order valence-corrected chi connectivity index (χ3v) is 6.26. The summed E-state index contributed by atoms with van der Waals surface area (Å²) in [5.74, 6) is -1.82. The van der Waals surface area contributed by atoms with Crippen LogP contribution >= 0.6 is 23.2 Å². The number of halogens is 3. The fraction of sp³-hybridized carbons (Fsp3) is 0.286. The summed E-state index contributed by atoms with van der Waals surface area (Å²) in [5, 5.41) is 30.5. The van der Waals surface area contributed by atoms with Crippen molar-refractivity contribution in [3.05, 3.63) is 55.9 Å². The number of aromatic hydroxyl groups is 2. The van der Waals surface area contributed by atoms with E-state index in [4.69, 9.17) is 27.6 Å². The van der Waals surface area contributed by atoms with Crippen molar-refractivity contribution in [1.29, 1.82) is 0 Å². The lowest BCUT2D eigenvalue weighted by molar-refractivity contribution is 0.172. The van der Waals surface area contributed by atoms with Gasteiger partial charge in [-0.05, 0) is 32.1 Å². The van der Waals surface area contributed by atoms with Gasteiger partial charge >= 0.3 is 0 Å². The number of fused-ring (bicyclic) bond motifs is 1. The Morgan fingerprint density at radius 1 is 1.17 bits per heavy atom. The summed E-state index contributed by atoms with van der Waals surface area (Å²) in [6.07, 6.45) is 0.597. The van der Waals surface area contributed by atoms with Gasteiger partial charge in [0.2, 0.25) is 0 Å². The molecule has 1 aromatic heterocycles. The minimum atomic E-state index is -0.740. The van der Waals surface area contributed by atoms with Gasteiger partial charge < -0.3 is 24.6 Å². The maximum absolute atomic E-state index is 14.0. The number of hydrogen-bond donors (Lipinski definition) is 3. The molecular formula is C21H18Cl2FNO5. The highest BCUT2D eigenvalue weighted by Gasteiger charge is 2.36. The van der Waals surface area contributed by atoms with Crippen LogP contribution in [0, 0.1) is 5.82 Å². The third-order valence-electron chi connectivity index (χ3n) is 5.65. The molecule has 30 heavy (non-hydrogen) atoms. The van der Waals surface area contributed by atoms with E-state index in [1.807, 2.05) is 11.9 Å². The zero-order valence-electron chi connectivity index (χ0n) is 15.8. The SMILES string of the molecule is CN1CC[C@H](c2c(O)cc(O)c3c(=O)cc(-c4cc(F)c(Cl)cc4Cl)oc23)[C@H]1CO. The lowest BCUT2D eigenvalue weighted by atomic mass is 9.89. The lowest BCUT2D eigenvalue weighted by Gasteiger charge is -2.24. The Kier molecular flexibility index (Phi) is 5.40. The standard InChI is InChI=1S/C21H18Cl2FNO5/c1-25-3-2-9(14(25)8-26)19-15(27)6-16(28)20-17(29)7-18(30-21(19)20)10-4-13(24)12(23)5-11(10)22/h4-7,9,14,26-28H,2-3,8H2,1H3/t9-,14+/m0/s1. The smallest absolute Gasteiger partial charge is 0.197 e. The van der Waals surface area contributed by atoms with Gasteiger partial charge in [0, 0.05) is 35.2 Å². The van der Waals surface area contributed by atoms with E-state index in [1.54, 1.807) is 0 Å². The number of hydrogen-bond acceptors (Lipinski definition) is 6. The van der Waals surface area contributed by atoms with Crippen LogP contribution in [0.3, 0.4) is 0 Å². The van der Waals surface area contributed by atoms with Crippen LogP contribution < -0.4 is 5.43 Å². The molecule has 0 saturated carbocycles. The van der Waals surface area contributed by atoms with Crippen LogP contribution in [-0.4, -0.2) is 46.5 Å². The van der Waals surface area contributed by atoms with Crippen molar-refractivity contribution in [3.8, 4) is 22.8 Å². The second-order valence-electron chi connectivity index (χ2n) is 7.38. The molecule has 3 N–H and O–H groups in total. The summed E-state index contributed by atoms with van der Waals surface area (Å²) in [7, 11) is 1.85. The van der Waals surface area contributed by atoms with E-state index in [0.29, 0.717) is 18.5 Å². The number of likely N-dealkylation sites (tertiary alicyclic amines) is 1. The summed E-state index contributed by atoms with van der Waals surface area (Å²) >= 11 is 11.9. The molecule has 4 rings (SSSR count). The van der Waals surface area contributed by atoms with E-state index in [2.05, 4.69) is 0 Å². The van der Waals surface area contributed by atoms with Crippen LogP contribution in [0.4, 0.5) is 4.39 Å². The van der Waals surface area contributed by atoms with Crippen LogP contribution in [0.5, 0.6) is 11.5 Å². The van der Waals surface area contributed by atoms with E-state index in [-0.39, 0.29) is 56.7 Å². The van der Waals surface area contributed by atoms with Gasteiger partial charge in [0.1, 0.15) is 34.0 Å². The number of likely N-dealkylation sites (N-methyl/N-ethyl adjacent to an activating group) is 1. The highest BCUT2D eigenvalue weighted by atomic mass is 35.5. The Morgan fingerprint density at radius 3 is 2.60 bits per heavy atom. The number of nitrogens with zero attached hydrogens (tertiary/aromatic N) is 1. The normalized spacial score (nSPS) is 19.6. The topological polar surface area (TPSA) is 94.1 Å². The average Bonchev–Trinajstić information content (AvgIpc) is 3.04. The molecule has 0 unspecified atom stereocenters. The Bertz CT molecular complexity index is 1210. The van der Waals surface area contributed by atoms with E-state index in [1.165, 1.54) is 6.07 Å². The number of phenols is 2. The van der Waals surface area contributed by atoms with Crippen LogP contribution in [0.15, 0.2) is 33.5 Å². The lowest BCUT2D eigenvalue weighted by Crippen LogP contribution is -2.32. The van der Waals surface area contributed by atoms with Crippen molar-refractivity contribution >= 4 is 34.2 Å². The largest absolute Gasteiger partial charge is 0.507 e. The Balaban J connectivity index is 2.03. The molecule has 0 aliphatic carbocycles. The average molecular weight is 454 g/mol. The second-order valence-corrected chi connectivity index (χ2v) is 8.19. The van der Waals surface area contributed by atoms with Gasteiger partial charge in [0.05, 0.1) is 16.7 Å². The van der Waals surface area contributed by atoms with Crippen LogP contribution in [0.1, 0.15) is 17.9 Å². The number of benzene rings is 2. The summed E-state index contributed by atoms with van der Waals surface area (Å²) < 4.78 is 20.0. The predicted octanol–water partition coefficient (Wildman–Crippen LogP) is 4.10. The van der Waals surface area contributed by atoms with Gasteiger partial charge in [-0.2, -0.15) is 0 Å². The minimum absolute atomic E-state index is 0.0276. The summed E-state index contributed by atoms with van der Waals surface area (Å²) in [5.41, 5.74) is -0.201. The van der Waals surface area contributed by atoms with Gasteiger partial charge in [-0.3, -0.25) is 4.79 Å². The fourth-order valence-corrected chi connectivity index (χ4v) is 4.61. The molecule has 3 aromatic rings. The monoisotopic (exact) mass is 453 g/mol. The van der Waals surface area contributed by atoms with Crippen LogP contribution in [0.2, 0.25) is 10.0 Å². The zero-order chi connectivity index (χ0) is 21.7. The van der Waals surface area contributed by atoms with E-state index in [9.17, 15) is 24.5 Å². The molecule has 1 saturated heterocycles. The van der Waals surface area contributed by atoms with Gasteiger partial charge in [-0.15, -0.1) is 0 Å². The molecule has 2 heterocycles. The van der Waals surface area contributed by atoms with E-state index < -0.39 is 17.0 Å². The Labute approximate surface area is 180 Å². The highest BCUT2D eigenvalue weighted by molar-refractivity contribution is 6.36. The molecule has 1 aliphatic heterocycles. The van der Waals surface area contributed by atoms with E-state index in [0.717, 1.165) is 18.2 Å². The summed E-state index contributed by atoms with van der Waals surface area (Å²) in [6.45, 7) is 0.497. The zero-order valence-corrected chi connectivity index (χ0v) is 17.3. The van der Waals surface area contributed by atoms with Gasteiger partial charge in [0.25, 0.3) is 0 Å². The number of aliphatic hydroxyl groups excluding tert-OH is 1. The molecule has 0 bridgehead atoms. The van der Waals surface area contributed by atoms with Crippen molar-refractivity contribution in [2.75, 3.05) is 20.2 Å². The molecule has 9 heteroatoms. The van der Waals surface area contributed by atoms with Crippen LogP contribution in [0.25, 0.3) is 22.3 Å². The minimum Gasteiger partial charge on any atom is -0.507 e. The number of phenolic OH excluding ortho intramolecular Hbond substituents is 2. The molecule has 2 aromatic carbocycles. The summed E-state index contributed by atoms with van der Waals surface area (Å²) in [4.78, 5) is 14.8. The van der Waals surface area contributed by atoms with Gasteiger partial charge in [-0.25, -0.2) is 4.39 Å². The first kappa shape index (κ1) is 20.9. The van der Waals surface area contributed by atoms with Crippen LogP contribution in [-0.2, 0) is 0 Å². The molecule has 0 spiro atoms. The number of rotatable bonds is 3. The van der Waals surface area contributed by atoms with Crippen molar-refractivity contribution in [3.63, 3.8) is 0 Å². The van der Waals surface area contributed by atoms with Crippen molar-refractivity contribution < 1.29 is 24.1 Å². The molecule has 1 fully saturated rings. The van der Waals surface area contributed by atoms with Gasteiger partial charge in [0.15, 0.2) is 5.43 Å². The first-order valence-electron chi connectivity index (χ1n) is 9.21. The highest BCUT2D eigenvalue weighted by Crippen LogP contribution is 2.44.